The van der Waals surface area contributed by atoms with Crippen molar-refractivity contribution in [1.82, 2.24) is 9.55 Å². The summed E-state index contributed by atoms with van der Waals surface area (Å²) in [6.45, 7) is -2.04. The highest BCUT2D eigenvalue weighted by molar-refractivity contribution is 5.03. The van der Waals surface area contributed by atoms with Crippen molar-refractivity contribution >= 4 is 0 Å². The van der Waals surface area contributed by atoms with Crippen LogP contribution in [-0.2, 0) is 4.74 Å². The fraction of sp³-hybridized carbons (Fsp3) is 0.600. The quantitative estimate of drug-likeness (QED) is 0.483. The Kier molecular flexibility index (Phi) is 3.54. The first kappa shape index (κ1) is 13.9. The molecule has 0 bridgehead atoms. The standard InChI is InChI=1S/C10H13FN2O6/c11-4-10(18)7(16)5(3-14)19-8(10)13-2-1-6(15)12-9(13)17/h1-2,5,7-8,14,16,18H,3-4H2,(H,12,15,17). The van der Waals surface area contributed by atoms with Crippen LogP contribution in [0, 0.1) is 0 Å². The van der Waals surface area contributed by atoms with Gasteiger partial charge >= 0.3 is 5.69 Å². The van der Waals surface area contributed by atoms with Gasteiger partial charge in [0, 0.05) is 12.3 Å². The zero-order valence-corrected chi connectivity index (χ0v) is 9.69. The lowest BCUT2D eigenvalue weighted by Crippen LogP contribution is -2.50. The molecule has 4 atom stereocenters. The SMILES string of the molecule is O=c1ccn(C2OC(CO)C(O)C2(O)CF)c(=O)[nH]1. The Morgan fingerprint density at radius 3 is 2.74 bits per heavy atom. The van der Waals surface area contributed by atoms with Crippen molar-refractivity contribution in [1.29, 1.82) is 0 Å². The molecule has 0 radical (unpaired) electrons. The summed E-state index contributed by atoms with van der Waals surface area (Å²) in [7, 11) is 0. The number of hydrogen-bond acceptors (Lipinski definition) is 6. The van der Waals surface area contributed by atoms with Gasteiger partial charge in [-0.15, -0.1) is 0 Å². The molecule has 9 heteroatoms. The van der Waals surface area contributed by atoms with Gasteiger partial charge in [-0.3, -0.25) is 14.3 Å². The van der Waals surface area contributed by atoms with Gasteiger partial charge in [0.2, 0.25) is 0 Å². The molecule has 0 aliphatic carbocycles. The first-order valence-corrected chi connectivity index (χ1v) is 5.48. The lowest BCUT2D eigenvalue weighted by atomic mass is 9.95. The topological polar surface area (TPSA) is 125 Å². The van der Waals surface area contributed by atoms with E-state index in [0.717, 1.165) is 16.8 Å². The monoisotopic (exact) mass is 276 g/mol. The van der Waals surface area contributed by atoms with Gasteiger partial charge in [-0.25, -0.2) is 9.18 Å². The molecule has 1 aliphatic heterocycles. The summed E-state index contributed by atoms with van der Waals surface area (Å²) in [5.41, 5.74) is -3.97. The van der Waals surface area contributed by atoms with E-state index in [1.807, 2.05) is 4.98 Å². The summed E-state index contributed by atoms with van der Waals surface area (Å²) in [5, 5.41) is 28.8. The summed E-state index contributed by atoms with van der Waals surface area (Å²) in [6, 6.07) is 0.988. The largest absolute Gasteiger partial charge is 0.394 e. The first-order chi connectivity index (χ1) is 8.93. The molecular weight excluding hydrogens is 263 g/mol. The molecule has 1 aromatic rings. The highest BCUT2D eigenvalue weighted by atomic mass is 19.1. The van der Waals surface area contributed by atoms with Crippen LogP contribution in [0.25, 0.3) is 0 Å². The van der Waals surface area contributed by atoms with E-state index >= 15 is 0 Å². The Balaban J connectivity index is 2.48. The molecule has 1 aromatic heterocycles. The van der Waals surface area contributed by atoms with Gasteiger partial charge < -0.3 is 20.1 Å². The van der Waals surface area contributed by atoms with Gasteiger partial charge in [-0.05, 0) is 0 Å². The molecule has 0 amide bonds. The van der Waals surface area contributed by atoms with Gasteiger partial charge in [-0.2, -0.15) is 0 Å². The number of rotatable bonds is 3. The number of aromatic amines is 1. The second-order valence-corrected chi connectivity index (χ2v) is 4.30. The van der Waals surface area contributed by atoms with Crippen molar-refractivity contribution in [2.45, 2.75) is 24.0 Å². The van der Waals surface area contributed by atoms with Crippen LogP contribution in [0.2, 0.25) is 0 Å². The maximum Gasteiger partial charge on any atom is 0.330 e. The zero-order valence-electron chi connectivity index (χ0n) is 9.69. The van der Waals surface area contributed by atoms with E-state index in [4.69, 9.17) is 9.84 Å². The Morgan fingerprint density at radius 1 is 1.53 bits per heavy atom. The average Bonchev–Trinajstić information content (AvgIpc) is 2.63. The van der Waals surface area contributed by atoms with Gasteiger partial charge in [0.25, 0.3) is 5.56 Å². The number of hydrogen-bond donors (Lipinski definition) is 4. The second kappa shape index (κ2) is 4.85. The maximum absolute atomic E-state index is 13.0. The van der Waals surface area contributed by atoms with E-state index in [2.05, 4.69) is 0 Å². The second-order valence-electron chi connectivity index (χ2n) is 4.30. The fourth-order valence-corrected chi connectivity index (χ4v) is 2.03. The molecule has 0 spiro atoms. The van der Waals surface area contributed by atoms with Crippen LogP contribution < -0.4 is 11.2 Å². The summed E-state index contributed by atoms with van der Waals surface area (Å²) in [4.78, 5) is 24.4. The maximum atomic E-state index is 13.0. The van der Waals surface area contributed by atoms with E-state index in [-0.39, 0.29) is 0 Å². The Hall–Kier alpha value is -1.55. The molecule has 106 valence electrons. The molecule has 2 rings (SSSR count). The number of alkyl halides is 1. The van der Waals surface area contributed by atoms with Gasteiger partial charge in [-0.1, -0.05) is 0 Å². The summed E-state index contributed by atoms with van der Waals surface area (Å²) in [6.07, 6.45) is -3.47. The average molecular weight is 276 g/mol. The minimum atomic E-state index is -2.38. The minimum absolute atomic E-state index is 0.655. The van der Waals surface area contributed by atoms with Crippen LogP contribution in [0.5, 0.6) is 0 Å². The summed E-state index contributed by atoms with van der Waals surface area (Å²) in [5.74, 6) is 0. The van der Waals surface area contributed by atoms with Crippen molar-refractivity contribution in [3.05, 3.63) is 33.1 Å². The van der Waals surface area contributed by atoms with Gasteiger partial charge in [0.1, 0.15) is 18.9 Å². The molecule has 8 nitrogen and oxygen atoms in total. The third kappa shape index (κ3) is 2.10. The normalized spacial score (nSPS) is 34.6. The van der Waals surface area contributed by atoms with Crippen molar-refractivity contribution in [2.24, 2.45) is 0 Å². The number of nitrogens with zero attached hydrogens (tertiary/aromatic N) is 1. The Labute approximate surface area is 105 Å². The molecule has 4 N–H and O–H groups in total. The predicted octanol–water partition coefficient (Wildman–Crippen LogP) is -2.51. The van der Waals surface area contributed by atoms with Crippen molar-refractivity contribution < 1.29 is 24.4 Å². The lowest BCUT2D eigenvalue weighted by Gasteiger charge is -2.28. The van der Waals surface area contributed by atoms with Gasteiger partial charge in [0.15, 0.2) is 11.8 Å². The number of aliphatic hydroxyl groups excluding tert-OH is 2. The summed E-state index contributed by atoms with van der Waals surface area (Å²) >= 11 is 0. The third-order valence-corrected chi connectivity index (χ3v) is 3.09. The predicted molar refractivity (Wildman–Crippen MR) is 59.3 cm³/mol. The number of aromatic nitrogens is 2. The van der Waals surface area contributed by atoms with Crippen LogP contribution >= 0.6 is 0 Å². The van der Waals surface area contributed by atoms with E-state index in [1.165, 1.54) is 0 Å². The lowest BCUT2D eigenvalue weighted by molar-refractivity contribution is -0.121. The number of halogens is 1. The van der Waals surface area contributed by atoms with E-state index in [9.17, 15) is 24.2 Å². The zero-order chi connectivity index (χ0) is 14.2. The minimum Gasteiger partial charge on any atom is -0.394 e. The number of H-pyrrole nitrogens is 1. The van der Waals surface area contributed by atoms with Gasteiger partial charge in [0.05, 0.1) is 6.61 Å². The van der Waals surface area contributed by atoms with Crippen molar-refractivity contribution in [2.75, 3.05) is 13.3 Å². The van der Waals surface area contributed by atoms with Crippen LogP contribution in [0.3, 0.4) is 0 Å². The molecule has 19 heavy (non-hydrogen) atoms. The number of ether oxygens (including phenoxy) is 1. The number of aliphatic hydroxyl groups is 3. The van der Waals surface area contributed by atoms with E-state index < -0.39 is 48.6 Å². The summed E-state index contributed by atoms with van der Waals surface area (Å²) < 4.78 is 18.9. The van der Waals surface area contributed by atoms with Crippen LogP contribution in [0.4, 0.5) is 4.39 Å². The van der Waals surface area contributed by atoms with Crippen LogP contribution in [0.1, 0.15) is 6.23 Å². The molecule has 2 heterocycles. The molecule has 1 saturated heterocycles. The van der Waals surface area contributed by atoms with Crippen LogP contribution in [0.15, 0.2) is 21.9 Å². The Bertz CT molecular complexity index is 572. The number of nitrogens with one attached hydrogen (secondary N) is 1. The van der Waals surface area contributed by atoms with Crippen LogP contribution in [-0.4, -0.2) is 56.0 Å². The van der Waals surface area contributed by atoms with E-state index in [1.54, 1.807) is 0 Å². The fourth-order valence-electron chi connectivity index (χ4n) is 2.03. The molecule has 4 unspecified atom stereocenters. The highest BCUT2D eigenvalue weighted by Gasteiger charge is 2.56. The third-order valence-electron chi connectivity index (χ3n) is 3.09. The first-order valence-electron chi connectivity index (χ1n) is 5.48. The van der Waals surface area contributed by atoms with Crippen molar-refractivity contribution in [3.63, 3.8) is 0 Å². The molecule has 1 fully saturated rings. The van der Waals surface area contributed by atoms with Crippen molar-refractivity contribution in [3.8, 4) is 0 Å². The molecule has 1 aliphatic rings. The highest BCUT2D eigenvalue weighted by Crippen LogP contribution is 2.37. The Morgan fingerprint density at radius 2 is 2.21 bits per heavy atom. The molecule has 0 aromatic carbocycles. The molecule has 0 saturated carbocycles. The molecular formula is C10H13FN2O6. The smallest absolute Gasteiger partial charge is 0.330 e. The van der Waals surface area contributed by atoms with E-state index in [0.29, 0.717) is 0 Å².